The molecular formula is C14H19N3O3. The highest BCUT2D eigenvalue weighted by molar-refractivity contribution is 6.03. The maximum Gasteiger partial charge on any atom is 0.246 e. The zero-order valence-electron chi connectivity index (χ0n) is 11.4. The van der Waals surface area contributed by atoms with Crippen LogP contribution < -0.4 is 15.5 Å². The number of rotatable bonds is 3. The average molecular weight is 277 g/mol. The molecule has 2 heterocycles. The van der Waals surface area contributed by atoms with Crippen molar-refractivity contribution < 1.29 is 14.6 Å². The Morgan fingerprint density at radius 2 is 2.40 bits per heavy atom. The van der Waals surface area contributed by atoms with Crippen molar-refractivity contribution in [2.45, 2.75) is 12.1 Å². The lowest BCUT2D eigenvalue weighted by atomic mass is 10.1. The van der Waals surface area contributed by atoms with Gasteiger partial charge in [-0.1, -0.05) is 6.07 Å². The number of amides is 1. The lowest BCUT2D eigenvalue weighted by molar-refractivity contribution is -0.117. The Bertz CT molecular complexity index is 520. The Balaban J connectivity index is 1.83. The van der Waals surface area contributed by atoms with Gasteiger partial charge in [-0.25, -0.2) is 0 Å². The summed E-state index contributed by atoms with van der Waals surface area (Å²) in [7, 11) is 1.78. The number of ether oxygens (including phenoxy) is 1. The first-order valence-electron chi connectivity index (χ1n) is 6.82. The number of likely N-dealkylation sites (N-methyl/N-ethyl adjacent to an activating group) is 1. The number of nitrogens with zero attached hydrogens (tertiary/aromatic N) is 1. The predicted octanol–water partition coefficient (Wildman–Crippen LogP) is 0.0967. The Kier molecular flexibility index (Phi) is 3.60. The summed E-state index contributed by atoms with van der Waals surface area (Å²) in [5.74, 6) is -0.0186. The van der Waals surface area contributed by atoms with Gasteiger partial charge in [0.15, 0.2) is 0 Å². The number of nitrogens with one attached hydrogen (secondary N) is 2. The minimum absolute atomic E-state index is 0.0186. The van der Waals surface area contributed by atoms with Crippen LogP contribution in [-0.4, -0.2) is 50.5 Å². The molecule has 3 rings (SSSR count). The molecule has 1 aromatic rings. The van der Waals surface area contributed by atoms with Crippen LogP contribution in [0.2, 0.25) is 0 Å². The molecule has 20 heavy (non-hydrogen) atoms. The second kappa shape index (κ2) is 5.40. The van der Waals surface area contributed by atoms with E-state index < -0.39 is 0 Å². The van der Waals surface area contributed by atoms with Crippen molar-refractivity contribution in [2.75, 3.05) is 43.6 Å². The molecule has 2 aliphatic heterocycles. The fourth-order valence-electron chi connectivity index (χ4n) is 2.80. The molecule has 0 bridgehead atoms. The van der Waals surface area contributed by atoms with Gasteiger partial charge in [-0.05, 0) is 19.2 Å². The number of anilines is 2. The number of fused-ring (bicyclic) bond motifs is 1. The van der Waals surface area contributed by atoms with E-state index in [1.165, 1.54) is 0 Å². The third-order valence-corrected chi connectivity index (χ3v) is 3.86. The third kappa shape index (κ3) is 2.26. The van der Waals surface area contributed by atoms with E-state index in [1.807, 2.05) is 18.2 Å². The molecule has 0 spiro atoms. The molecule has 1 amide bonds. The van der Waals surface area contributed by atoms with Crippen LogP contribution in [0.15, 0.2) is 18.2 Å². The molecule has 2 aliphatic rings. The van der Waals surface area contributed by atoms with Crippen LogP contribution in [0.3, 0.4) is 0 Å². The fourth-order valence-corrected chi connectivity index (χ4v) is 2.80. The maximum atomic E-state index is 11.8. The van der Waals surface area contributed by atoms with Crippen molar-refractivity contribution in [3.63, 3.8) is 0 Å². The number of hydrogen-bond acceptors (Lipinski definition) is 5. The summed E-state index contributed by atoms with van der Waals surface area (Å²) < 4.78 is 5.45. The summed E-state index contributed by atoms with van der Waals surface area (Å²) in [6.45, 7) is 2.09. The van der Waals surface area contributed by atoms with E-state index in [0.29, 0.717) is 13.2 Å². The molecule has 0 aromatic heterocycles. The summed E-state index contributed by atoms with van der Waals surface area (Å²) in [6, 6.07) is 5.72. The van der Waals surface area contributed by atoms with Gasteiger partial charge in [-0.2, -0.15) is 0 Å². The van der Waals surface area contributed by atoms with Crippen molar-refractivity contribution in [2.24, 2.45) is 0 Å². The van der Waals surface area contributed by atoms with Gasteiger partial charge in [0.2, 0.25) is 5.91 Å². The minimum atomic E-state index is -0.270. The molecule has 6 nitrogen and oxygen atoms in total. The SMILES string of the molecule is CNC1C(=O)Nc2cc(N3CCOC(CO)C3)ccc21. The highest BCUT2D eigenvalue weighted by atomic mass is 16.5. The molecule has 0 saturated carbocycles. The average Bonchev–Trinajstić information content (AvgIpc) is 2.81. The Labute approximate surface area is 117 Å². The molecule has 6 heteroatoms. The smallest absolute Gasteiger partial charge is 0.246 e. The summed E-state index contributed by atoms with van der Waals surface area (Å²) in [5, 5.41) is 15.1. The van der Waals surface area contributed by atoms with E-state index in [0.717, 1.165) is 23.5 Å². The summed E-state index contributed by atoms with van der Waals surface area (Å²) in [4.78, 5) is 14.0. The predicted molar refractivity (Wildman–Crippen MR) is 75.9 cm³/mol. The van der Waals surface area contributed by atoms with Crippen LogP contribution in [0.1, 0.15) is 11.6 Å². The Morgan fingerprint density at radius 3 is 3.15 bits per heavy atom. The van der Waals surface area contributed by atoms with E-state index >= 15 is 0 Å². The standard InChI is InChI=1S/C14H19N3O3/c1-15-13-11-3-2-9(6-12(11)16-14(13)19)17-4-5-20-10(7-17)8-18/h2-3,6,10,13,15,18H,4-5,7-8H2,1H3,(H,16,19). The molecular weight excluding hydrogens is 258 g/mol. The number of benzene rings is 1. The topological polar surface area (TPSA) is 73.8 Å². The van der Waals surface area contributed by atoms with Crippen molar-refractivity contribution in [3.05, 3.63) is 23.8 Å². The summed E-state index contributed by atoms with van der Waals surface area (Å²) in [5.41, 5.74) is 2.88. The van der Waals surface area contributed by atoms with E-state index in [9.17, 15) is 9.90 Å². The van der Waals surface area contributed by atoms with Crippen molar-refractivity contribution >= 4 is 17.3 Å². The van der Waals surface area contributed by atoms with Gasteiger partial charge in [0, 0.05) is 30.0 Å². The highest BCUT2D eigenvalue weighted by Gasteiger charge is 2.30. The molecule has 108 valence electrons. The van der Waals surface area contributed by atoms with Crippen LogP contribution in [0.5, 0.6) is 0 Å². The molecule has 1 saturated heterocycles. The molecule has 0 aliphatic carbocycles. The van der Waals surface area contributed by atoms with Gasteiger partial charge in [-0.15, -0.1) is 0 Å². The second-order valence-corrected chi connectivity index (χ2v) is 5.10. The van der Waals surface area contributed by atoms with Crippen molar-refractivity contribution in [1.82, 2.24) is 5.32 Å². The van der Waals surface area contributed by atoms with Gasteiger partial charge in [0.05, 0.1) is 19.3 Å². The van der Waals surface area contributed by atoms with Crippen LogP contribution in [0.4, 0.5) is 11.4 Å². The highest BCUT2D eigenvalue weighted by Crippen LogP contribution is 2.34. The van der Waals surface area contributed by atoms with Gasteiger partial charge >= 0.3 is 0 Å². The molecule has 1 aromatic carbocycles. The number of aliphatic hydroxyl groups is 1. The number of aliphatic hydroxyl groups excluding tert-OH is 1. The summed E-state index contributed by atoms with van der Waals surface area (Å²) >= 11 is 0. The van der Waals surface area contributed by atoms with Gasteiger partial charge in [-0.3, -0.25) is 4.79 Å². The zero-order valence-corrected chi connectivity index (χ0v) is 11.4. The molecule has 2 unspecified atom stereocenters. The normalized spacial score (nSPS) is 25.5. The molecule has 2 atom stereocenters. The van der Waals surface area contributed by atoms with Crippen LogP contribution in [0, 0.1) is 0 Å². The van der Waals surface area contributed by atoms with E-state index in [1.54, 1.807) is 7.05 Å². The lowest BCUT2D eigenvalue weighted by Gasteiger charge is -2.34. The lowest BCUT2D eigenvalue weighted by Crippen LogP contribution is -2.44. The number of morpholine rings is 1. The first-order chi connectivity index (χ1) is 9.72. The number of carbonyl (C=O) groups excluding carboxylic acids is 1. The molecule has 3 N–H and O–H groups in total. The van der Waals surface area contributed by atoms with E-state index in [4.69, 9.17) is 4.74 Å². The van der Waals surface area contributed by atoms with Crippen LogP contribution >= 0.6 is 0 Å². The third-order valence-electron chi connectivity index (χ3n) is 3.86. The van der Waals surface area contributed by atoms with Crippen molar-refractivity contribution in [1.29, 1.82) is 0 Å². The first kappa shape index (κ1) is 13.4. The van der Waals surface area contributed by atoms with Gasteiger partial charge in [0.1, 0.15) is 6.04 Å². The minimum Gasteiger partial charge on any atom is -0.394 e. The number of hydrogen-bond donors (Lipinski definition) is 3. The van der Waals surface area contributed by atoms with Gasteiger partial charge in [0.25, 0.3) is 0 Å². The van der Waals surface area contributed by atoms with E-state index in [-0.39, 0.29) is 24.7 Å². The maximum absolute atomic E-state index is 11.8. The quantitative estimate of drug-likeness (QED) is 0.730. The Morgan fingerprint density at radius 1 is 1.55 bits per heavy atom. The summed E-state index contributed by atoms with van der Waals surface area (Å²) in [6.07, 6.45) is -0.142. The van der Waals surface area contributed by atoms with E-state index in [2.05, 4.69) is 15.5 Å². The van der Waals surface area contributed by atoms with Crippen molar-refractivity contribution in [3.8, 4) is 0 Å². The zero-order chi connectivity index (χ0) is 14.1. The first-order valence-corrected chi connectivity index (χ1v) is 6.82. The monoisotopic (exact) mass is 277 g/mol. The number of carbonyl (C=O) groups is 1. The van der Waals surface area contributed by atoms with Crippen LogP contribution in [-0.2, 0) is 9.53 Å². The van der Waals surface area contributed by atoms with Crippen LogP contribution in [0.25, 0.3) is 0 Å². The molecule has 0 radical (unpaired) electrons. The second-order valence-electron chi connectivity index (χ2n) is 5.10. The van der Waals surface area contributed by atoms with Gasteiger partial charge < -0.3 is 25.4 Å². The Hall–Kier alpha value is -1.63. The largest absolute Gasteiger partial charge is 0.394 e. The fraction of sp³-hybridized carbons (Fsp3) is 0.500. The molecule has 1 fully saturated rings.